The van der Waals surface area contributed by atoms with Gasteiger partial charge in [-0.1, -0.05) is 20.8 Å². The lowest BCUT2D eigenvalue weighted by molar-refractivity contribution is -0.0835. The van der Waals surface area contributed by atoms with Gasteiger partial charge in [-0.25, -0.2) is 4.39 Å². The second-order valence-electron chi connectivity index (χ2n) is 8.85. The third-order valence-electron chi connectivity index (χ3n) is 5.49. The highest BCUT2D eigenvalue weighted by Crippen LogP contribution is 2.33. The van der Waals surface area contributed by atoms with Gasteiger partial charge in [-0.15, -0.1) is 0 Å². The first-order valence-electron chi connectivity index (χ1n) is 10.5. The van der Waals surface area contributed by atoms with Crippen LogP contribution in [0.1, 0.15) is 44.7 Å². The van der Waals surface area contributed by atoms with Crippen LogP contribution in [0.3, 0.4) is 0 Å². The van der Waals surface area contributed by atoms with Crippen molar-refractivity contribution in [3.63, 3.8) is 0 Å². The number of aliphatic imine (C=N–C) groups is 1. The Bertz CT molecular complexity index is 718. The van der Waals surface area contributed by atoms with E-state index in [-0.39, 0.29) is 24.1 Å². The highest BCUT2D eigenvalue weighted by Gasteiger charge is 2.35. The molecule has 1 aromatic rings. The molecule has 0 aliphatic carbocycles. The summed E-state index contributed by atoms with van der Waals surface area (Å²) in [6.45, 7) is 9.58. The van der Waals surface area contributed by atoms with Gasteiger partial charge in [0.15, 0.2) is 12.8 Å². The second-order valence-corrected chi connectivity index (χ2v) is 8.85. The third-order valence-corrected chi connectivity index (χ3v) is 5.49. The molecule has 0 spiro atoms. The Labute approximate surface area is 173 Å². The zero-order valence-corrected chi connectivity index (χ0v) is 18.0. The highest BCUT2D eigenvalue weighted by molar-refractivity contribution is 5.79. The maximum Gasteiger partial charge on any atom is 0.190 e. The summed E-state index contributed by atoms with van der Waals surface area (Å²) in [5.74, 6) is 1.68. The lowest BCUT2D eigenvalue weighted by Gasteiger charge is -2.40. The molecule has 1 aromatic carbocycles. The summed E-state index contributed by atoms with van der Waals surface area (Å²) in [5.41, 5.74) is 1.73. The van der Waals surface area contributed by atoms with Crippen molar-refractivity contribution in [2.24, 2.45) is 16.3 Å². The van der Waals surface area contributed by atoms with Crippen molar-refractivity contribution in [1.29, 1.82) is 0 Å². The Balaban J connectivity index is 1.52. The number of nitrogens with one attached hydrogen (secondary N) is 2. The van der Waals surface area contributed by atoms with E-state index in [2.05, 4.69) is 36.4 Å². The smallest absolute Gasteiger partial charge is 0.190 e. The number of fused-ring (bicyclic) bond motifs is 1. The first-order valence-corrected chi connectivity index (χ1v) is 10.5. The molecular formula is C22H34FN3O3. The SMILES string of the molecule is CN=C(NCCc1cc(F)cc2c1OCOC2)NCC1CCCOC1C(C)(C)C. The van der Waals surface area contributed by atoms with Gasteiger partial charge >= 0.3 is 0 Å². The minimum Gasteiger partial charge on any atom is -0.467 e. The monoisotopic (exact) mass is 407 g/mol. The minimum atomic E-state index is -0.263. The van der Waals surface area contributed by atoms with Crippen LogP contribution in [-0.2, 0) is 22.5 Å². The summed E-state index contributed by atoms with van der Waals surface area (Å²) in [7, 11) is 1.76. The van der Waals surface area contributed by atoms with Crippen molar-refractivity contribution in [3.05, 3.63) is 29.1 Å². The van der Waals surface area contributed by atoms with E-state index in [9.17, 15) is 4.39 Å². The van der Waals surface area contributed by atoms with E-state index >= 15 is 0 Å². The summed E-state index contributed by atoms with van der Waals surface area (Å²) in [4.78, 5) is 4.32. The number of rotatable bonds is 5. The largest absolute Gasteiger partial charge is 0.467 e. The topological polar surface area (TPSA) is 64.1 Å². The fourth-order valence-corrected chi connectivity index (χ4v) is 4.22. The van der Waals surface area contributed by atoms with Crippen LogP contribution in [0.25, 0.3) is 0 Å². The van der Waals surface area contributed by atoms with Crippen LogP contribution in [-0.4, -0.2) is 45.6 Å². The van der Waals surface area contributed by atoms with Gasteiger partial charge in [0, 0.05) is 38.2 Å². The third kappa shape index (κ3) is 5.82. The van der Waals surface area contributed by atoms with Gasteiger partial charge in [-0.3, -0.25) is 4.99 Å². The van der Waals surface area contributed by atoms with Crippen molar-refractivity contribution >= 4 is 5.96 Å². The molecule has 2 aliphatic heterocycles. The molecular weight excluding hydrogens is 373 g/mol. The number of benzene rings is 1. The Morgan fingerprint density at radius 2 is 2.10 bits per heavy atom. The van der Waals surface area contributed by atoms with Crippen LogP contribution in [0.4, 0.5) is 4.39 Å². The molecule has 0 aromatic heterocycles. The summed E-state index contributed by atoms with van der Waals surface area (Å²) in [6.07, 6.45) is 3.12. The van der Waals surface area contributed by atoms with E-state index < -0.39 is 0 Å². The summed E-state index contributed by atoms with van der Waals surface area (Å²) < 4.78 is 30.8. The van der Waals surface area contributed by atoms with Crippen molar-refractivity contribution in [3.8, 4) is 5.75 Å². The lowest BCUT2D eigenvalue weighted by Crippen LogP contribution is -2.47. The van der Waals surface area contributed by atoms with Crippen molar-refractivity contribution in [2.45, 2.75) is 52.7 Å². The molecule has 1 fully saturated rings. The molecule has 2 heterocycles. The maximum absolute atomic E-state index is 13.9. The predicted octanol–water partition coefficient (Wildman–Crippen LogP) is 3.24. The van der Waals surface area contributed by atoms with E-state index in [4.69, 9.17) is 14.2 Å². The van der Waals surface area contributed by atoms with Gasteiger partial charge in [0.25, 0.3) is 0 Å². The lowest BCUT2D eigenvalue weighted by atomic mass is 9.78. The molecule has 0 saturated carbocycles. The molecule has 6 nitrogen and oxygen atoms in total. The Kier molecular flexibility index (Phi) is 7.35. The maximum atomic E-state index is 13.9. The summed E-state index contributed by atoms with van der Waals surface area (Å²) in [5, 5.41) is 6.76. The Hall–Kier alpha value is -1.86. The van der Waals surface area contributed by atoms with Gasteiger partial charge in [0.2, 0.25) is 0 Å². The van der Waals surface area contributed by atoms with E-state index in [0.717, 1.165) is 48.8 Å². The van der Waals surface area contributed by atoms with Crippen LogP contribution < -0.4 is 15.4 Å². The van der Waals surface area contributed by atoms with Gasteiger partial charge in [-0.2, -0.15) is 0 Å². The first kappa shape index (κ1) is 21.8. The quantitative estimate of drug-likeness (QED) is 0.580. The summed E-state index contributed by atoms with van der Waals surface area (Å²) in [6, 6.07) is 3.01. The Morgan fingerprint density at radius 3 is 2.86 bits per heavy atom. The molecule has 0 bridgehead atoms. The predicted molar refractivity (Wildman–Crippen MR) is 112 cm³/mol. The first-order chi connectivity index (χ1) is 13.9. The number of ether oxygens (including phenoxy) is 3. The van der Waals surface area contributed by atoms with E-state index in [1.165, 1.54) is 12.1 Å². The molecule has 2 atom stereocenters. The average molecular weight is 408 g/mol. The second kappa shape index (κ2) is 9.76. The summed E-state index contributed by atoms with van der Waals surface area (Å²) >= 11 is 0. The van der Waals surface area contributed by atoms with Crippen LogP contribution in [0.15, 0.2) is 17.1 Å². The molecule has 7 heteroatoms. The van der Waals surface area contributed by atoms with Crippen LogP contribution in [0.5, 0.6) is 5.75 Å². The average Bonchev–Trinajstić information content (AvgIpc) is 2.69. The van der Waals surface area contributed by atoms with Crippen molar-refractivity contribution < 1.29 is 18.6 Å². The van der Waals surface area contributed by atoms with Gasteiger partial charge < -0.3 is 24.8 Å². The fourth-order valence-electron chi connectivity index (χ4n) is 4.22. The molecule has 0 amide bonds. The molecule has 0 radical (unpaired) electrons. The van der Waals surface area contributed by atoms with Gasteiger partial charge in [-0.05, 0) is 42.4 Å². The number of nitrogens with zero attached hydrogens (tertiary/aromatic N) is 1. The standard InChI is InChI=1S/C22H34FN3O3/c1-22(2,3)20-16(6-5-9-28-20)12-26-21(24-4)25-8-7-15-10-18(23)11-17-13-27-14-29-19(15)17/h10-11,16,20H,5-9,12-14H2,1-4H3,(H2,24,25,26). The molecule has 3 rings (SSSR count). The van der Waals surface area contributed by atoms with Crippen LogP contribution in [0.2, 0.25) is 0 Å². The molecule has 1 saturated heterocycles. The van der Waals surface area contributed by atoms with Crippen molar-refractivity contribution in [2.75, 3.05) is 33.5 Å². The zero-order valence-electron chi connectivity index (χ0n) is 18.0. The van der Waals surface area contributed by atoms with E-state index in [1.807, 2.05) is 0 Å². The molecule has 162 valence electrons. The number of guanidine groups is 1. The number of halogens is 1. The van der Waals surface area contributed by atoms with E-state index in [1.54, 1.807) is 7.05 Å². The molecule has 2 N–H and O–H groups in total. The fraction of sp³-hybridized carbons (Fsp3) is 0.682. The number of hydrogen-bond donors (Lipinski definition) is 2. The normalized spacial score (nSPS) is 22.6. The van der Waals surface area contributed by atoms with Crippen LogP contribution >= 0.6 is 0 Å². The number of hydrogen-bond acceptors (Lipinski definition) is 4. The van der Waals surface area contributed by atoms with Gasteiger partial charge in [0.1, 0.15) is 11.6 Å². The zero-order chi connectivity index (χ0) is 20.9. The Morgan fingerprint density at radius 1 is 1.28 bits per heavy atom. The highest BCUT2D eigenvalue weighted by atomic mass is 19.1. The molecule has 2 unspecified atom stereocenters. The van der Waals surface area contributed by atoms with E-state index in [0.29, 0.717) is 25.5 Å². The van der Waals surface area contributed by atoms with Gasteiger partial charge in [0.05, 0.1) is 12.7 Å². The van der Waals surface area contributed by atoms with Crippen LogP contribution in [0, 0.1) is 17.2 Å². The van der Waals surface area contributed by atoms with Crippen molar-refractivity contribution in [1.82, 2.24) is 10.6 Å². The molecule has 2 aliphatic rings. The molecule has 29 heavy (non-hydrogen) atoms. The minimum absolute atomic E-state index is 0.115.